The Morgan fingerprint density at radius 2 is 1.62 bits per heavy atom. The van der Waals surface area contributed by atoms with Gasteiger partial charge in [0.1, 0.15) is 0 Å². The molecule has 0 aliphatic rings. The quantitative estimate of drug-likeness (QED) is 0.473. The SMILES string of the molecule is CC(NC(=O)c1cccc(NC(=O)CNc2cccc(Br)c2)c1)c1ccccc1. The van der Waals surface area contributed by atoms with Gasteiger partial charge < -0.3 is 16.0 Å². The van der Waals surface area contributed by atoms with Crippen molar-refractivity contribution in [2.45, 2.75) is 13.0 Å². The van der Waals surface area contributed by atoms with Crippen LogP contribution in [-0.2, 0) is 4.79 Å². The molecule has 0 bridgehead atoms. The van der Waals surface area contributed by atoms with Gasteiger partial charge >= 0.3 is 0 Å². The Bertz CT molecular complexity index is 992. The van der Waals surface area contributed by atoms with E-state index in [0.717, 1.165) is 15.7 Å². The molecular formula is C23H22BrN3O2. The molecule has 29 heavy (non-hydrogen) atoms. The third-order valence-corrected chi connectivity index (χ3v) is 4.83. The molecule has 3 aromatic rings. The zero-order valence-corrected chi connectivity index (χ0v) is 17.6. The monoisotopic (exact) mass is 451 g/mol. The highest BCUT2D eigenvalue weighted by molar-refractivity contribution is 9.10. The van der Waals surface area contributed by atoms with Crippen molar-refractivity contribution in [3.8, 4) is 0 Å². The van der Waals surface area contributed by atoms with Crippen LogP contribution in [0.25, 0.3) is 0 Å². The fraction of sp³-hybridized carbons (Fsp3) is 0.130. The molecule has 0 heterocycles. The lowest BCUT2D eigenvalue weighted by molar-refractivity contribution is -0.114. The van der Waals surface area contributed by atoms with Crippen LogP contribution < -0.4 is 16.0 Å². The first-order chi connectivity index (χ1) is 14.0. The molecule has 5 nitrogen and oxygen atoms in total. The van der Waals surface area contributed by atoms with Gasteiger partial charge in [-0.15, -0.1) is 0 Å². The molecule has 1 unspecified atom stereocenters. The fourth-order valence-corrected chi connectivity index (χ4v) is 3.23. The molecule has 0 aromatic heterocycles. The van der Waals surface area contributed by atoms with Gasteiger partial charge in [-0.25, -0.2) is 0 Å². The average Bonchev–Trinajstić information content (AvgIpc) is 2.73. The van der Waals surface area contributed by atoms with Crippen LogP contribution in [0.5, 0.6) is 0 Å². The van der Waals surface area contributed by atoms with E-state index < -0.39 is 0 Å². The van der Waals surface area contributed by atoms with E-state index in [-0.39, 0.29) is 24.4 Å². The van der Waals surface area contributed by atoms with Crippen molar-refractivity contribution in [3.05, 3.63) is 94.5 Å². The number of hydrogen-bond acceptors (Lipinski definition) is 3. The van der Waals surface area contributed by atoms with Gasteiger partial charge in [-0.05, 0) is 48.9 Å². The Labute approximate surface area is 178 Å². The smallest absolute Gasteiger partial charge is 0.251 e. The van der Waals surface area contributed by atoms with E-state index in [2.05, 4.69) is 31.9 Å². The largest absolute Gasteiger partial charge is 0.376 e. The predicted molar refractivity (Wildman–Crippen MR) is 120 cm³/mol. The molecule has 1 atom stereocenters. The highest BCUT2D eigenvalue weighted by Crippen LogP contribution is 2.16. The number of halogens is 1. The maximum Gasteiger partial charge on any atom is 0.251 e. The average molecular weight is 452 g/mol. The summed E-state index contributed by atoms with van der Waals surface area (Å²) in [6.45, 7) is 2.06. The zero-order chi connectivity index (χ0) is 20.6. The van der Waals surface area contributed by atoms with Crippen LogP contribution >= 0.6 is 15.9 Å². The maximum absolute atomic E-state index is 12.6. The molecule has 3 N–H and O–H groups in total. The van der Waals surface area contributed by atoms with E-state index in [9.17, 15) is 9.59 Å². The second-order valence-corrected chi connectivity index (χ2v) is 7.51. The number of anilines is 2. The Balaban J connectivity index is 1.57. The third kappa shape index (κ3) is 6.19. The zero-order valence-electron chi connectivity index (χ0n) is 16.0. The molecule has 3 aromatic carbocycles. The van der Waals surface area contributed by atoms with Gasteiger partial charge in [-0.3, -0.25) is 9.59 Å². The van der Waals surface area contributed by atoms with Gasteiger partial charge in [0.15, 0.2) is 0 Å². The fourth-order valence-electron chi connectivity index (χ4n) is 2.83. The number of amides is 2. The molecule has 0 saturated carbocycles. The first-order valence-corrected chi connectivity index (χ1v) is 10.1. The molecule has 2 amide bonds. The second kappa shape index (κ2) is 9.89. The van der Waals surface area contributed by atoms with Crippen LogP contribution in [0.15, 0.2) is 83.3 Å². The minimum absolute atomic E-state index is 0.114. The molecule has 0 saturated heterocycles. The summed E-state index contributed by atoms with van der Waals surface area (Å²) in [7, 11) is 0. The standard InChI is InChI=1S/C23H22BrN3O2/c1-16(17-7-3-2-4-8-17)26-23(29)18-9-5-12-21(13-18)27-22(28)15-25-20-11-6-10-19(24)14-20/h2-14,16,25H,15H2,1H3,(H,26,29)(H,27,28). The summed E-state index contributed by atoms with van der Waals surface area (Å²) in [6, 6.07) is 24.1. The topological polar surface area (TPSA) is 70.2 Å². The first-order valence-electron chi connectivity index (χ1n) is 9.26. The maximum atomic E-state index is 12.6. The van der Waals surface area contributed by atoms with Crippen molar-refractivity contribution in [1.29, 1.82) is 0 Å². The van der Waals surface area contributed by atoms with Crippen LogP contribution in [0.4, 0.5) is 11.4 Å². The van der Waals surface area contributed by atoms with Crippen molar-refractivity contribution in [1.82, 2.24) is 5.32 Å². The number of rotatable bonds is 7. The minimum atomic E-state index is -0.194. The van der Waals surface area contributed by atoms with E-state index in [1.165, 1.54) is 0 Å². The Kier molecular flexibility index (Phi) is 7.03. The van der Waals surface area contributed by atoms with E-state index >= 15 is 0 Å². The number of benzene rings is 3. The van der Waals surface area contributed by atoms with Gasteiger partial charge in [0.25, 0.3) is 5.91 Å². The molecular weight excluding hydrogens is 430 g/mol. The predicted octanol–water partition coefficient (Wildman–Crippen LogP) is 4.99. The van der Waals surface area contributed by atoms with Gasteiger partial charge in [-0.1, -0.05) is 58.4 Å². The van der Waals surface area contributed by atoms with Crippen LogP contribution in [0.1, 0.15) is 28.9 Å². The van der Waals surface area contributed by atoms with Crippen molar-refractivity contribution in [3.63, 3.8) is 0 Å². The van der Waals surface area contributed by atoms with Crippen LogP contribution in [0, 0.1) is 0 Å². The molecule has 6 heteroatoms. The minimum Gasteiger partial charge on any atom is -0.376 e. The molecule has 0 aliphatic heterocycles. The summed E-state index contributed by atoms with van der Waals surface area (Å²) in [4.78, 5) is 24.8. The van der Waals surface area contributed by atoms with Gasteiger partial charge in [0, 0.05) is 21.4 Å². The van der Waals surface area contributed by atoms with Crippen LogP contribution in [0.2, 0.25) is 0 Å². The first kappa shape index (κ1) is 20.6. The summed E-state index contributed by atoms with van der Waals surface area (Å²) in [5.41, 5.74) is 2.94. The lowest BCUT2D eigenvalue weighted by Crippen LogP contribution is -2.27. The summed E-state index contributed by atoms with van der Waals surface area (Å²) in [5, 5.41) is 8.86. The summed E-state index contributed by atoms with van der Waals surface area (Å²) in [5.74, 6) is -0.384. The van der Waals surface area contributed by atoms with Gasteiger partial charge in [0.05, 0.1) is 12.6 Å². The van der Waals surface area contributed by atoms with Crippen molar-refractivity contribution in [2.24, 2.45) is 0 Å². The Hall–Kier alpha value is -3.12. The van der Waals surface area contributed by atoms with E-state index in [0.29, 0.717) is 11.3 Å². The van der Waals surface area contributed by atoms with Gasteiger partial charge in [-0.2, -0.15) is 0 Å². The van der Waals surface area contributed by atoms with E-state index in [1.807, 2.05) is 61.5 Å². The Morgan fingerprint density at radius 1 is 0.897 bits per heavy atom. The summed E-state index contributed by atoms with van der Waals surface area (Å²) >= 11 is 3.40. The molecule has 3 rings (SSSR count). The summed E-state index contributed by atoms with van der Waals surface area (Å²) in [6.07, 6.45) is 0. The molecule has 0 spiro atoms. The number of carbonyl (C=O) groups excluding carboxylic acids is 2. The number of carbonyl (C=O) groups is 2. The number of hydrogen-bond donors (Lipinski definition) is 3. The normalized spacial score (nSPS) is 11.4. The highest BCUT2D eigenvalue weighted by Gasteiger charge is 2.12. The Morgan fingerprint density at radius 3 is 2.38 bits per heavy atom. The van der Waals surface area contributed by atoms with Gasteiger partial charge in [0.2, 0.25) is 5.91 Å². The lowest BCUT2D eigenvalue weighted by Gasteiger charge is -2.15. The number of nitrogens with one attached hydrogen (secondary N) is 3. The lowest BCUT2D eigenvalue weighted by atomic mass is 10.1. The second-order valence-electron chi connectivity index (χ2n) is 6.60. The molecule has 0 radical (unpaired) electrons. The summed E-state index contributed by atoms with van der Waals surface area (Å²) < 4.78 is 0.936. The van der Waals surface area contributed by atoms with E-state index in [1.54, 1.807) is 24.3 Å². The van der Waals surface area contributed by atoms with Crippen molar-refractivity contribution < 1.29 is 9.59 Å². The third-order valence-electron chi connectivity index (χ3n) is 4.33. The van der Waals surface area contributed by atoms with Crippen molar-refractivity contribution >= 4 is 39.1 Å². The van der Waals surface area contributed by atoms with Crippen LogP contribution in [0.3, 0.4) is 0 Å². The molecule has 0 aliphatic carbocycles. The van der Waals surface area contributed by atoms with E-state index in [4.69, 9.17) is 0 Å². The van der Waals surface area contributed by atoms with Crippen molar-refractivity contribution in [2.75, 3.05) is 17.2 Å². The molecule has 148 valence electrons. The molecule has 0 fully saturated rings. The van der Waals surface area contributed by atoms with Crippen LogP contribution in [-0.4, -0.2) is 18.4 Å². The highest BCUT2D eigenvalue weighted by atomic mass is 79.9.